The maximum atomic E-state index is 13.2. The summed E-state index contributed by atoms with van der Waals surface area (Å²) in [5, 5.41) is 15.1. The number of nitrogens with one attached hydrogen (secondary N) is 1. The molecule has 0 radical (unpaired) electrons. The quantitative estimate of drug-likeness (QED) is 0.186. The van der Waals surface area contributed by atoms with Gasteiger partial charge in [-0.25, -0.2) is 4.79 Å². The summed E-state index contributed by atoms with van der Waals surface area (Å²) in [6.07, 6.45) is 0.690. The molecule has 4 aromatic rings. The van der Waals surface area contributed by atoms with Gasteiger partial charge in [-0.3, -0.25) is 19.8 Å². The number of hydrogen-bond acceptors (Lipinski definition) is 8. The van der Waals surface area contributed by atoms with Crippen LogP contribution in [-0.2, 0) is 24.2 Å². The summed E-state index contributed by atoms with van der Waals surface area (Å²) in [7, 11) is 0. The number of amides is 1. The van der Waals surface area contributed by atoms with Gasteiger partial charge in [-0.1, -0.05) is 30.3 Å². The van der Waals surface area contributed by atoms with Crippen LogP contribution < -0.4 is 5.32 Å². The number of nitro benzene ring substituents is 1. The van der Waals surface area contributed by atoms with Crippen LogP contribution in [-0.4, -0.2) is 34.9 Å². The SMILES string of the molecule is CCOC(=O)c1c(NC(=O)c2cc3cc([N+](=O)[O-])ccc3s2)sc2c1CCN(Cc1ccccc1)C2. The number of hydrogen-bond donors (Lipinski definition) is 1. The molecule has 3 heterocycles. The molecule has 0 saturated carbocycles. The van der Waals surface area contributed by atoms with Crippen molar-refractivity contribution in [2.75, 3.05) is 18.5 Å². The van der Waals surface area contributed by atoms with Crippen LogP contribution in [0.15, 0.2) is 54.6 Å². The molecule has 0 unspecified atom stereocenters. The molecule has 0 bridgehead atoms. The third-order valence-corrected chi connectivity index (χ3v) is 8.27. The number of anilines is 1. The number of thiophene rings is 2. The van der Waals surface area contributed by atoms with E-state index in [2.05, 4.69) is 22.3 Å². The predicted octanol–water partition coefficient (Wildman–Crippen LogP) is 5.86. The highest BCUT2D eigenvalue weighted by Gasteiger charge is 2.30. The highest BCUT2D eigenvalue weighted by atomic mass is 32.1. The number of nitrogens with zero attached hydrogens (tertiary/aromatic N) is 2. The first-order valence-corrected chi connectivity index (χ1v) is 13.1. The first kappa shape index (κ1) is 24.1. The van der Waals surface area contributed by atoms with Gasteiger partial charge in [0.05, 0.1) is 22.0 Å². The second-order valence-electron chi connectivity index (χ2n) is 8.42. The summed E-state index contributed by atoms with van der Waals surface area (Å²) < 4.78 is 6.10. The van der Waals surface area contributed by atoms with Crippen LogP contribution >= 0.6 is 22.7 Å². The molecule has 36 heavy (non-hydrogen) atoms. The van der Waals surface area contributed by atoms with Crippen LogP contribution in [0.4, 0.5) is 10.7 Å². The topological polar surface area (TPSA) is 102 Å². The maximum Gasteiger partial charge on any atom is 0.341 e. The zero-order chi connectivity index (χ0) is 25.2. The Morgan fingerprint density at radius 2 is 1.94 bits per heavy atom. The highest BCUT2D eigenvalue weighted by Crippen LogP contribution is 2.39. The largest absolute Gasteiger partial charge is 0.462 e. The van der Waals surface area contributed by atoms with Gasteiger partial charge in [0.1, 0.15) is 5.00 Å². The number of non-ortho nitro benzene ring substituents is 1. The van der Waals surface area contributed by atoms with Gasteiger partial charge in [-0.05, 0) is 36.6 Å². The number of carbonyl (C=O) groups is 2. The smallest absolute Gasteiger partial charge is 0.341 e. The minimum atomic E-state index is -0.459. The van der Waals surface area contributed by atoms with Crippen LogP contribution in [0.1, 0.15) is 43.0 Å². The van der Waals surface area contributed by atoms with Gasteiger partial charge in [0, 0.05) is 46.7 Å². The van der Waals surface area contributed by atoms with Gasteiger partial charge in [-0.15, -0.1) is 22.7 Å². The molecule has 2 aromatic carbocycles. The molecule has 0 saturated heterocycles. The summed E-state index contributed by atoms with van der Waals surface area (Å²) in [5.74, 6) is -0.794. The lowest BCUT2D eigenvalue weighted by Crippen LogP contribution is -2.29. The summed E-state index contributed by atoms with van der Waals surface area (Å²) >= 11 is 2.66. The van der Waals surface area contributed by atoms with E-state index in [0.29, 0.717) is 33.8 Å². The van der Waals surface area contributed by atoms with Crippen molar-refractivity contribution in [2.24, 2.45) is 0 Å². The third kappa shape index (κ3) is 4.88. The Balaban J connectivity index is 1.41. The number of rotatable bonds is 7. The van der Waals surface area contributed by atoms with E-state index in [4.69, 9.17) is 4.74 Å². The Bertz CT molecular complexity index is 1460. The lowest BCUT2D eigenvalue weighted by Gasteiger charge is -2.27. The van der Waals surface area contributed by atoms with E-state index in [1.54, 1.807) is 19.1 Å². The normalized spacial score (nSPS) is 13.4. The monoisotopic (exact) mass is 521 g/mol. The van der Waals surface area contributed by atoms with Crippen LogP contribution in [0.25, 0.3) is 10.1 Å². The number of nitro groups is 1. The van der Waals surface area contributed by atoms with Crippen molar-refractivity contribution in [3.05, 3.63) is 91.2 Å². The van der Waals surface area contributed by atoms with Crippen LogP contribution in [0.2, 0.25) is 0 Å². The van der Waals surface area contributed by atoms with E-state index in [9.17, 15) is 19.7 Å². The molecule has 1 N–H and O–H groups in total. The zero-order valence-electron chi connectivity index (χ0n) is 19.5. The summed E-state index contributed by atoms with van der Waals surface area (Å²) in [6, 6.07) is 16.4. The van der Waals surface area contributed by atoms with Gasteiger partial charge < -0.3 is 10.1 Å². The maximum absolute atomic E-state index is 13.2. The Morgan fingerprint density at radius 3 is 2.69 bits per heavy atom. The molecular formula is C26H23N3O5S2. The fourth-order valence-electron chi connectivity index (χ4n) is 4.36. The second-order valence-corrected chi connectivity index (χ2v) is 10.6. The molecule has 1 amide bonds. The lowest BCUT2D eigenvalue weighted by molar-refractivity contribution is -0.384. The van der Waals surface area contributed by atoms with Crippen molar-refractivity contribution in [3.8, 4) is 0 Å². The molecular weight excluding hydrogens is 498 g/mol. The van der Waals surface area contributed by atoms with Gasteiger partial charge in [0.2, 0.25) is 0 Å². The van der Waals surface area contributed by atoms with E-state index < -0.39 is 10.9 Å². The Kier molecular flexibility index (Phi) is 6.82. The van der Waals surface area contributed by atoms with Crippen molar-refractivity contribution < 1.29 is 19.2 Å². The van der Waals surface area contributed by atoms with Crippen molar-refractivity contribution in [2.45, 2.75) is 26.4 Å². The van der Waals surface area contributed by atoms with Gasteiger partial charge in [0.25, 0.3) is 11.6 Å². The summed E-state index contributed by atoms with van der Waals surface area (Å²) in [5.41, 5.74) is 2.57. The van der Waals surface area contributed by atoms with E-state index in [1.165, 1.54) is 40.4 Å². The number of esters is 1. The van der Waals surface area contributed by atoms with Crippen LogP contribution in [0, 0.1) is 10.1 Å². The Labute approximate surface area is 215 Å². The van der Waals surface area contributed by atoms with Gasteiger partial charge in [0.15, 0.2) is 0 Å². The molecule has 2 aromatic heterocycles. The van der Waals surface area contributed by atoms with E-state index in [1.807, 2.05) is 18.2 Å². The molecule has 0 fully saturated rings. The average molecular weight is 522 g/mol. The predicted molar refractivity (Wildman–Crippen MR) is 141 cm³/mol. The standard InChI is InChI=1S/C26H23N3O5S2/c1-2-34-26(31)23-19-10-11-28(14-16-6-4-3-5-7-16)15-22(19)36-25(23)27-24(30)21-13-17-12-18(29(32)33)8-9-20(17)35-21/h3-9,12-13H,2,10-11,14-15H2,1H3,(H,27,30). The number of benzene rings is 2. The fraction of sp³-hybridized carbons (Fsp3) is 0.231. The summed E-state index contributed by atoms with van der Waals surface area (Å²) in [4.78, 5) is 40.5. The average Bonchev–Trinajstić information content (AvgIpc) is 3.45. The number of ether oxygens (including phenoxy) is 1. The molecule has 5 rings (SSSR count). The highest BCUT2D eigenvalue weighted by molar-refractivity contribution is 7.21. The van der Waals surface area contributed by atoms with E-state index in [-0.39, 0.29) is 18.2 Å². The third-order valence-electron chi connectivity index (χ3n) is 6.03. The zero-order valence-corrected chi connectivity index (χ0v) is 21.1. The molecule has 0 atom stereocenters. The first-order valence-electron chi connectivity index (χ1n) is 11.5. The minimum absolute atomic E-state index is 0.0251. The van der Waals surface area contributed by atoms with Gasteiger partial charge in [-0.2, -0.15) is 0 Å². The second kappa shape index (κ2) is 10.2. The Morgan fingerprint density at radius 1 is 1.14 bits per heavy atom. The first-order chi connectivity index (χ1) is 17.4. The summed E-state index contributed by atoms with van der Waals surface area (Å²) in [6.45, 7) is 4.29. The molecule has 10 heteroatoms. The van der Waals surface area contributed by atoms with Crippen molar-refractivity contribution in [3.63, 3.8) is 0 Å². The van der Waals surface area contributed by atoms with E-state index in [0.717, 1.165) is 28.2 Å². The van der Waals surface area contributed by atoms with Gasteiger partial charge >= 0.3 is 5.97 Å². The fourth-order valence-corrected chi connectivity index (χ4v) is 6.57. The van der Waals surface area contributed by atoms with Crippen molar-refractivity contribution >= 4 is 55.3 Å². The number of fused-ring (bicyclic) bond motifs is 2. The number of carbonyl (C=O) groups excluding carboxylic acids is 2. The van der Waals surface area contributed by atoms with Crippen molar-refractivity contribution in [1.82, 2.24) is 4.90 Å². The van der Waals surface area contributed by atoms with Crippen molar-refractivity contribution in [1.29, 1.82) is 0 Å². The van der Waals surface area contributed by atoms with E-state index >= 15 is 0 Å². The molecule has 8 nitrogen and oxygen atoms in total. The molecule has 1 aliphatic rings. The minimum Gasteiger partial charge on any atom is -0.462 e. The molecule has 0 aliphatic carbocycles. The lowest BCUT2D eigenvalue weighted by atomic mass is 10.0. The Hall–Kier alpha value is -3.60. The molecule has 1 aliphatic heterocycles. The van der Waals surface area contributed by atoms with Crippen LogP contribution in [0.5, 0.6) is 0 Å². The van der Waals surface area contributed by atoms with Crippen LogP contribution in [0.3, 0.4) is 0 Å². The molecule has 0 spiro atoms. The molecule has 184 valence electrons.